The van der Waals surface area contributed by atoms with Gasteiger partial charge in [-0.25, -0.2) is 0 Å². The Balaban J connectivity index is 0.000000200. The lowest BCUT2D eigenvalue weighted by molar-refractivity contribution is -0.0803. The monoisotopic (exact) mass is 430 g/mol. The highest BCUT2D eigenvalue weighted by Gasteiger charge is 2.23. The number of aromatic nitrogens is 2. The van der Waals surface area contributed by atoms with E-state index in [2.05, 4.69) is 9.72 Å². The van der Waals surface area contributed by atoms with Crippen LogP contribution in [-0.4, -0.2) is 40.0 Å². The maximum atomic E-state index is 10.8. The minimum absolute atomic E-state index is 0.224. The molecule has 1 unspecified atom stereocenters. The molecule has 1 aromatic heterocycles. The Morgan fingerprint density at radius 1 is 1.43 bits per heavy atom. The van der Waals surface area contributed by atoms with E-state index >= 15 is 0 Å². The van der Waals surface area contributed by atoms with Gasteiger partial charge in [0.2, 0.25) is 0 Å². The number of aryl methyl sites for hydroxylation is 2. The molecule has 154 valence electrons. The molecule has 0 spiro atoms. The van der Waals surface area contributed by atoms with E-state index in [0.29, 0.717) is 24.3 Å². The Hall–Kier alpha value is -1.65. The maximum Gasteiger partial charge on any atom is 0.399 e. The molecule has 1 aliphatic heterocycles. The molecule has 0 saturated carbocycles. The van der Waals surface area contributed by atoms with Crippen LogP contribution in [0.5, 0.6) is 5.75 Å². The number of rotatable bonds is 6. The number of aromatic amines is 1. The number of hydrogen-bond acceptors (Lipinski definition) is 8. The molecule has 0 radical (unpaired) electrons. The fraction of sp³-hybridized carbons (Fsp3) is 0.412. The molecular weight excluding hydrogens is 407 g/mol. The van der Waals surface area contributed by atoms with Crippen LogP contribution in [0.25, 0.3) is 0 Å². The van der Waals surface area contributed by atoms with Gasteiger partial charge in [-0.1, -0.05) is 18.2 Å². The summed E-state index contributed by atoms with van der Waals surface area (Å²) in [7, 11) is 0.00275. The number of H-pyrrole nitrogens is 1. The second kappa shape index (κ2) is 11.4. The maximum absolute atomic E-state index is 10.8. The Bertz CT molecular complexity index is 873. The van der Waals surface area contributed by atoms with Crippen molar-refractivity contribution in [3.05, 3.63) is 56.7 Å². The molecule has 2 atom stereocenters. The van der Waals surface area contributed by atoms with Gasteiger partial charge in [-0.3, -0.25) is 18.8 Å². The zero-order valence-corrected chi connectivity index (χ0v) is 17.2. The predicted octanol–water partition coefficient (Wildman–Crippen LogP) is 2.36. The normalized spacial score (nSPS) is 16.4. The van der Waals surface area contributed by atoms with Gasteiger partial charge in [0.1, 0.15) is 5.75 Å². The highest BCUT2D eigenvalue weighted by atomic mass is 32.1. The number of aliphatic hydroxyl groups is 2. The second-order valence-corrected chi connectivity index (χ2v) is 7.23. The average Bonchev–Trinajstić information content (AvgIpc) is 2.68. The molecule has 0 saturated heterocycles. The zero-order valence-electron chi connectivity index (χ0n) is 15.5. The third kappa shape index (κ3) is 6.75. The van der Waals surface area contributed by atoms with E-state index in [0.717, 1.165) is 16.9 Å². The van der Waals surface area contributed by atoms with Crippen LogP contribution in [-0.2, 0) is 26.9 Å². The topological polar surface area (TPSA) is 115 Å². The van der Waals surface area contributed by atoms with Crippen molar-refractivity contribution in [2.45, 2.75) is 32.8 Å². The van der Waals surface area contributed by atoms with Gasteiger partial charge in [0.25, 0.3) is 5.56 Å². The summed E-state index contributed by atoms with van der Waals surface area (Å²) in [6.07, 6.45) is 1.21. The van der Waals surface area contributed by atoms with Gasteiger partial charge in [0.05, 0.1) is 6.61 Å². The molecule has 11 heteroatoms. The van der Waals surface area contributed by atoms with Crippen LogP contribution < -0.4 is 10.1 Å². The van der Waals surface area contributed by atoms with Crippen molar-refractivity contribution in [2.75, 3.05) is 13.9 Å². The first-order valence-corrected chi connectivity index (χ1v) is 9.89. The first-order chi connectivity index (χ1) is 13.4. The van der Waals surface area contributed by atoms with Crippen molar-refractivity contribution < 1.29 is 28.5 Å². The number of methoxy groups -OCH3 is 1. The van der Waals surface area contributed by atoms with Gasteiger partial charge in [-0.2, -0.15) is 0 Å². The van der Waals surface area contributed by atoms with Gasteiger partial charge in [0, 0.05) is 37.9 Å². The first kappa shape index (κ1) is 22.6. The molecular formula is C17H23N2O7PS. The molecule has 28 heavy (non-hydrogen) atoms. The summed E-state index contributed by atoms with van der Waals surface area (Å²) in [6.45, 7) is 2.57. The molecule has 0 bridgehead atoms. The molecule has 9 nitrogen and oxygen atoms in total. The zero-order chi connectivity index (χ0) is 20.5. The predicted molar refractivity (Wildman–Crippen MR) is 105 cm³/mol. The fourth-order valence-electron chi connectivity index (χ4n) is 2.28. The van der Waals surface area contributed by atoms with Gasteiger partial charge in [-0.05, 0) is 24.7 Å². The molecule has 3 N–H and O–H groups in total. The first-order valence-electron chi connectivity index (χ1n) is 8.38. The molecule has 0 aliphatic carbocycles. The summed E-state index contributed by atoms with van der Waals surface area (Å²) in [4.78, 5) is 13.3. The second-order valence-electron chi connectivity index (χ2n) is 5.69. The van der Waals surface area contributed by atoms with Crippen molar-refractivity contribution in [3.63, 3.8) is 0 Å². The summed E-state index contributed by atoms with van der Waals surface area (Å²) in [5.41, 5.74) is 1.85. The van der Waals surface area contributed by atoms with E-state index in [1.165, 1.54) is 13.2 Å². The summed E-state index contributed by atoms with van der Waals surface area (Å²) in [5.74, 6) is 0.818. The summed E-state index contributed by atoms with van der Waals surface area (Å²) in [6, 6.07) is 7.26. The SMILES string of the molecule is CO[C@H](O)CCn1ccc(=O)[nH]c1=S.Cc1cccc2c1OP(OCO)OC2. The van der Waals surface area contributed by atoms with E-state index in [9.17, 15) is 4.79 Å². The van der Waals surface area contributed by atoms with Crippen molar-refractivity contribution in [1.82, 2.24) is 9.55 Å². The number of fused-ring (bicyclic) bond motifs is 1. The number of hydrogen-bond donors (Lipinski definition) is 3. The minimum atomic E-state index is -1.42. The molecule has 1 aliphatic rings. The van der Waals surface area contributed by atoms with E-state index in [4.69, 9.17) is 36.0 Å². The number of benzene rings is 1. The molecule has 2 heterocycles. The van der Waals surface area contributed by atoms with Crippen LogP contribution >= 0.6 is 20.8 Å². The number of nitrogens with one attached hydrogen (secondary N) is 1. The highest BCUT2D eigenvalue weighted by Crippen LogP contribution is 2.47. The Labute approximate surface area is 168 Å². The number of para-hydroxylation sites is 1. The van der Waals surface area contributed by atoms with Crippen LogP contribution in [0.3, 0.4) is 0 Å². The van der Waals surface area contributed by atoms with Crippen molar-refractivity contribution in [2.24, 2.45) is 0 Å². The van der Waals surface area contributed by atoms with Crippen molar-refractivity contribution >= 4 is 20.8 Å². The van der Waals surface area contributed by atoms with Crippen LogP contribution in [0, 0.1) is 11.7 Å². The molecule has 0 fully saturated rings. The molecule has 0 amide bonds. The van der Waals surface area contributed by atoms with Crippen molar-refractivity contribution in [3.8, 4) is 5.75 Å². The average molecular weight is 430 g/mol. The summed E-state index contributed by atoms with van der Waals surface area (Å²) >= 11 is 4.91. The summed E-state index contributed by atoms with van der Waals surface area (Å²) in [5, 5.41) is 17.7. The standard InChI is InChI=1S/C9H11O4P.C8H12N2O3S/c1-7-3-2-4-8-5-11-14(12-6-10)13-9(7)8;1-13-7(12)3-5-10-4-2-6(11)9-8(10)14/h2-4,10H,5-6H2,1H3;2,4,7,12H,3,5H2,1H3,(H,9,11,14)/t;7-/m.0/s1. The third-order valence-corrected chi connectivity index (χ3v) is 5.07. The number of nitrogens with zero attached hydrogens (tertiary/aromatic N) is 1. The number of ether oxygens (including phenoxy) is 1. The van der Waals surface area contributed by atoms with Crippen LogP contribution in [0.2, 0.25) is 0 Å². The fourth-order valence-corrected chi connectivity index (χ4v) is 3.46. The van der Waals surface area contributed by atoms with Crippen LogP contribution in [0.4, 0.5) is 0 Å². The lowest BCUT2D eigenvalue weighted by Crippen LogP contribution is -2.16. The van der Waals surface area contributed by atoms with Gasteiger partial charge in [-0.15, -0.1) is 0 Å². The van der Waals surface area contributed by atoms with E-state index < -0.39 is 14.9 Å². The largest absolute Gasteiger partial charge is 0.426 e. The quantitative estimate of drug-likeness (QED) is 0.364. The van der Waals surface area contributed by atoms with Gasteiger partial charge in [0.15, 0.2) is 17.9 Å². The van der Waals surface area contributed by atoms with E-state index in [1.54, 1.807) is 10.8 Å². The van der Waals surface area contributed by atoms with Gasteiger partial charge < -0.3 is 24.0 Å². The Kier molecular flexibility index (Phi) is 9.20. The molecule has 2 aromatic rings. The Morgan fingerprint density at radius 3 is 2.89 bits per heavy atom. The summed E-state index contributed by atoms with van der Waals surface area (Å²) < 4.78 is 22.3. The van der Waals surface area contributed by atoms with Crippen molar-refractivity contribution in [1.29, 1.82) is 0 Å². The minimum Gasteiger partial charge on any atom is -0.426 e. The molecule has 3 rings (SSSR count). The van der Waals surface area contributed by atoms with E-state index in [1.807, 2.05) is 25.1 Å². The lowest BCUT2D eigenvalue weighted by atomic mass is 10.1. The van der Waals surface area contributed by atoms with E-state index in [-0.39, 0.29) is 12.4 Å². The van der Waals surface area contributed by atoms with Crippen LogP contribution in [0.1, 0.15) is 17.5 Å². The molecule has 1 aromatic carbocycles. The smallest absolute Gasteiger partial charge is 0.399 e. The number of aliphatic hydroxyl groups excluding tert-OH is 2. The third-order valence-electron chi connectivity index (χ3n) is 3.73. The van der Waals surface area contributed by atoms with Gasteiger partial charge >= 0.3 is 8.60 Å². The van der Waals surface area contributed by atoms with Crippen LogP contribution in [0.15, 0.2) is 35.3 Å². The lowest BCUT2D eigenvalue weighted by Gasteiger charge is -2.24. The Morgan fingerprint density at radius 2 is 2.21 bits per heavy atom. The highest BCUT2D eigenvalue weighted by molar-refractivity contribution is 7.71.